The molecule has 1 fully saturated rings. The first kappa shape index (κ1) is 11.3. The fourth-order valence-corrected chi connectivity index (χ4v) is 1.05. The van der Waals surface area contributed by atoms with Crippen LogP contribution in [-0.4, -0.2) is 37.5 Å². The van der Waals surface area contributed by atoms with E-state index in [1.54, 1.807) is 0 Å². The van der Waals surface area contributed by atoms with E-state index < -0.39 is 0 Å². The molecule has 0 saturated carbocycles. The second-order valence-corrected chi connectivity index (χ2v) is 3.93. The van der Waals surface area contributed by atoms with Crippen LogP contribution in [0.1, 0.15) is 20.3 Å². The number of amides is 1. The normalized spacial score (nSPS) is 25.4. The molecule has 82 valence electrons. The molecule has 1 saturated heterocycles. The molecule has 1 aliphatic heterocycles. The molecule has 3 N–H and O–H groups in total. The Morgan fingerprint density at radius 2 is 2.50 bits per heavy atom. The fraction of sp³-hybridized carbons (Fsp3) is 0.889. The third-order valence-electron chi connectivity index (χ3n) is 2.29. The minimum atomic E-state index is -0.371. The number of ether oxygens (including phenoxy) is 2. The van der Waals surface area contributed by atoms with Gasteiger partial charge in [-0.05, 0) is 13.3 Å². The van der Waals surface area contributed by atoms with Crippen LogP contribution in [0.15, 0.2) is 0 Å². The largest absolute Gasteiger partial charge is 0.442 e. The van der Waals surface area contributed by atoms with Crippen LogP contribution in [0.5, 0.6) is 0 Å². The molecule has 1 rings (SSSR count). The average molecular weight is 202 g/mol. The zero-order valence-corrected chi connectivity index (χ0v) is 8.71. The van der Waals surface area contributed by atoms with E-state index in [-0.39, 0.29) is 17.7 Å². The standard InChI is InChI=1S/C9H18N2O3/c1-3-9(2,10)6-13-5-7-4-11-8(12)14-7/h7H,3-6,10H2,1-2H3,(H,11,12). The lowest BCUT2D eigenvalue weighted by molar-refractivity contribution is 0.0260. The maximum Gasteiger partial charge on any atom is 0.407 e. The molecule has 0 spiro atoms. The molecule has 0 aromatic carbocycles. The summed E-state index contributed by atoms with van der Waals surface area (Å²) < 4.78 is 10.3. The molecular weight excluding hydrogens is 184 g/mol. The lowest BCUT2D eigenvalue weighted by atomic mass is 10.0. The van der Waals surface area contributed by atoms with Crippen molar-refractivity contribution in [3.63, 3.8) is 0 Å². The quantitative estimate of drug-likeness (QED) is 0.669. The first-order chi connectivity index (χ1) is 6.53. The van der Waals surface area contributed by atoms with Crippen molar-refractivity contribution in [2.24, 2.45) is 5.73 Å². The summed E-state index contributed by atoms with van der Waals surface area (Å²) in [6.45, 7) is 5.36. The van der Waals surface area contributed by atoms with Crippen molar-refractivity contribution in [2.75, 3.05) is 19.8 Å². The van der Waals surface area contributed by atoms with Crippen molar-refractivity contribution in [3.8, 4) is 0 Å². The van der Waals surface area contributed by atoms with Crippen molar-refractivity contribution in [3.05, 3.63) is 0 Å². The second kappa shape index (κ2) is 4.61. The van der Waals surface area contributed by atoms with Gasteiger partial charge in [-0.15, -0.1) is 0 Å². The third-order valence-corrected chi connectivity index (χ3v) is 2.29. The maximum atomic E-state index is 10.7. The predicted molar refractivity (Wildman–Crippen MR) is 52.0 cm³/mol. The molecule has 1 heterocycles. The van der Waals surface area contributed by atoms with E-state index in [1.165, 1.54) is 0 Å². The highest BCUT2D eigenvalue weighted by Crippen LogP contribution is 2.06. The smallest absolute Gasteiger partial charge is 0.407 e. The Morgan fingerprint density at radius 3 is 3.00 bits per heavy atom. The monoisotopic (exact) mass is 202 g/mol. The van der Waals surface area contributed by atoms with Crippen LogP contribution in [0.2, 0.25) is 0 Å². The van der Waals surface area contributed by atoms with Gasteiger partial charge in [0.1, 0.15) is 6.10 Å². The Hall–Kier alpha value is -0.810. The van der Waals surface area contributed by atoms with Crippen LogP contribution in [-0.2, 0) is 9.47 Å². The van der Waals surface area contributed by atoms with Crippen LogP contribution in [0.4, 0.5) is 4.79 Å². The maximum absolute atomic E-state index is 10.7. The van der Waals surface area contributed by atoms with Gasteiger partial charge in [0.25, 0.3) is 0 Å². The van der Waals surface area contributed by atoms with Crippen molar-refractivity contribution >= 4 is 6.09 Å². The minimum Gasteiger partial charge on any atom is -0.442 e. The van der Waals surface area contributed by atoms with Crippen LogP contribution in [0, 0.1) is 0 Å². The van der Waals surface area contributed by atoms with Gasteiger partial charge in [-0.25, -0.2) is 4.79 Å². The number of hydrogen-bond acceptors (Lipinski definition) is 4. The summed E-state index contributed by atoms with van der Waals surface area (Å²) in [5.74, 6) is 0. The molecular formula is C9H18N2O3. The van der Waals surface area contributed by atoms with Crippen LogP contribution in [0.3, 0.4) is 0 Å². The number of cyclic esters (lactones) is 1. The van der Waals surface area contributed by atoms with E-state index in [0.29, 0.717) is 19.8 Å². The van der Waals surface area contributed by atoms with Gasteiger partial charge in [0.2, 0.25) is 0 Å². The van der Waals surface area contributed by atoms with E-state index in [4.69, 9.17) is 15.2 Å². The summed E-state index contributed by atoms with van der Waals surface area (Å²) in [4.78, 5) is 10.7. The van der Waals surface area contributed by atoms with E-state index in [2.05, 4.69) is 5.32 Å². The van der Waals surface area contributed by atoms with Gasteiger partial charge in [-0.1, -0.05) is 6.92 Å². The van der Waals surface area contributed by atoms with E-state index >= 15 is 0 Å². The fourth-order valence-electron chi connectivity index (χ4n) is 1.05. The van der Waals surface area contributed by atoms with Crippen molar-refractivity contribution < 1.29 is 14.3 Å². The molecule has 0 aromatic rings. The summed E-state index contributed by atoms with van der Waals surface area (Å²) in [5.41, 5.74) is 5.58. The Morgan fingerprint density at radius 1 is 1.79 bits per heavy atom. The van der Waals surface area contributed by atoms with E-state index in [9.17, 15) is 4.79 Å². The number of nitrogens with two attached hydrogens (primary N) is 1. The third kappa shape index (κ3) is 3.51. The molecule has 0 aromatic heterocycles. The Balaban J connectivity index is 2.12. The number of hydrogen-bond donors (Lipinski definition) is 2. The molecule has 2 unspecified atom stereocenters. The van der Waals surface area contributed by atoms with E-state index in [1.807, 2.05) is 13.8 Å². The van der Waals surface area contributed by atoms with Gasteiger partial charge < -0.3 is 20.5 Å². The Kier molecular flexibility index (Phi) is 3.71. The number of nitrogens with one attached hydrogen (secondary N) is 1. The number of carbonyl (C=O) groups is 1. The molecule has 1 amide bonds. The van der Waals surface area contributed by atoms with Gasteiger partial charge in [0.15, 0.2) is 0 Å². The number of carbonyl (C=O) groups excluding carboxylic acids is 1. The molecule has 0 aliphatic carbocycles. The molecule has 5 nitrogen and oxygen atoms in total. The summed E-state index contributed by atoms with van der Waals surface area (Å²) in [7, 11) is 0. The summed E-state index contributed by atoms with van der Waals surface area (Å²) in [5, 5.41) is 2.56. The first-order valence-electron chi connectivity index (χ1n) is 4.84. The van der Waals surface area contributed by atoms with Crippen molar-refractivity contribution in [1.29, 1.82) is 0 Å². The molecule has 2 atom stereocenters. The summed E-state index contributed by atoms with van der Waals surface area (Å²) in [6, 6.07) is 0. The van der Waals surface area contributed by atoms with Gasteiger partial charge in [0.05, 0.1) is 19.8 Å². The van der Waals surface area contributed by atoms with Gasteiger partial charge in [-0.3, -0.25) is 0 Å². The van der Waals surface area contributed by atoms with Crippen LogP contribution < -0.4 is 11.1 Å². The lowest BCUT2D eigenvalue weighted by Gasteiger charge is -2.22. The second-order valence-electron chi connectivity index (χ2n) is 3.93. The Labute approximate surface area is 83.9 Å². The SMILES string of the molecule is CCC(C)(N)COCC1CNC(=O)O1. The molecule has 14 heavy (non-hydrogen) atoms. The number of rotatable bonds is 5. The topological polar surface area (TPSA) is 73.6 Å². The average Bonchev–Trinajstić information content (AvgIpc) is 2.51. The summed E-state index contributed by atoms with van der Waals surface area (Å²) >= 11 is 0. The molecule has 0 radical (unpaired) electrons. The number of alkyl carbamates (subject to hydrolysis) is 1. The lowest BCUT2D eigenvalue weighted by Crippen LogP contribution is -2.41. The van der Waals surface area contributed by atoms with Crippen molar-refractivity contribution in [1.82, 2.24) is 5.32 Å². The van der Waals surface area contributed by atoms with Gasteiger partial charge in [0, 0.05) is 5.54 Å². The Bertz CT molecular complexity index is 206. The predicted octanol–water partition coefficient (Wildman–Crippen LogP) is 0.239. The van der Waals surface area contributed by atoms with Crippen molar-refractivity contribution in [2.45, 2.75) is 31.9 Å². The zero-order valence-electron chi connectivity index (χ0n) is 8.71. The van der Waals surface area contributed by atoms with E-state index in [0.717, 1.165) is 6.42 Å². The molecule has 1 aliphatic rings. The highest BCUT2D eigenvalue weighted by molar-refractivity contribution is 5.69. The summed E-state index contributed by atoms with van der Waals surface area (Å²) in [6.07, 6.45) is 0.315. The first-order valence-corrected chi connectivity index (χ1v) is 4.84. The molecule has 5 heteroatoms. The van der Waals surface area contributed by atoms with Crippen LogP contribution in [0.25, 0.3) is 0 Å². The zero-order chi connectivity index (χ0) is 10.6. The minimum absolute atomic E-state index is 0.171. The highest BCUT2D eigenvalue weighted by atomic mass is 16.6. The van der Waals surface area contributed by atoms with Gasteiger partial charge in [-0.2, -0.15) is 0 Å². The van der Waals surface area contributed by atoms with Crippen LogP contribution >= 0.6 is 0 Å². The van der Waals surface area contributed by atoms with Gasteiger partial charge >= 0.3 is 6.09 Å². The molecule has 0 bridgehead atoms. The highest BCUT2D eigenvalue weighted by Gasteiger charge is 2.23.